The van der Waals surface area contributed by atoms with E-state index in [4.69, 9.17) is 4.43 Å². The first-order valence-corrected chi connectivity index (χ1v) is 15.7. The van der Waals surface area contributed by atoms with Crippen LogP contribution in [0.15, 0.2) is 12.2 Å². The third-order valence-corrected chi connectivity index (χ3v) is 5.98. The van der Waals surface area contributed by atoms with Gasteiger partial charge in [-0.1, -0.05) is 109 Å². The molecule has 0 aromatic heterocycles. The van der Waals surface area contributed by atoms with E-state index in [1.54, 1.807) is 0 Å². The molecule has 0 bridgehead atoms. The van der Waals surface area contributed by atoms with Crippen molar-refractivity contribution in [3.05, 3.63) is 12.2 Å². The van der Waals surface area contributed by atoms with E-state index in [-0.39, 0.29) is 11.9 Å². The Labute approximate surface area is 178 Å². The zero-order valence-electron chi connectivity index (χ0n) is 19.9. The minimum Gasteiger partial charge on any atom is -0.519 e. The standard InChI is InChI=1S/C25H50O2Si/c1-6-8-10-12-13-14-15-16-17-18-19-21-23-24(22-20-11-9-7-2)25(26)27-28(3,4)5/h21,23-24H,6-20,22H2,1-5H3. The summed E-state index contributed by atoms with van der Waals surface area (Å²) in [5.41, 5.74) is 0. The van der Waals surface area contributed by atoms with Gasteiger partial charge in [0.25, 0.3) is 5.97 Å². The van der Waals surface area contributed by atoms with E-state index in [1.165, 1.54) is 83.5 Å². The maximum absolute atomic E-state index is 12.5. The molecule has 28 heavy (non-hydrogen) atoms. The fourth-order valence-electron chi connectivity index (χ4n) is 3.47. The molecule has 0 saturated heterocycles. The highest BCUT2D eigenvalue weighted by Crippen LogP contribution is 2.18. The lowest BCUT2D eigenvalue weighted by molar-refractivity contribution is -0.138. The fourth-order valence-corrected chi connectivity index (χ4v) is 4.23. The molecule has 1 unspecified atom stereocenters. The Balaban J connectivity index is 3.99. The monoisotopic (exact) mass is 410 g/mol. The average Bonchev–Trinajstić information content (AvgIpc) is 2.62. The summed E-state index contributed by atoms with van der Waals surface area (Å²) in [6, 6.07) is 0. The van der Waals surface area contributed by atoms with Crippen molar-refractivity contribution in [2.45, 2.75) is 136 Å². The van der Waals surface area contributed by atoms with Crippen LogP contribution in [0.25, 0.3) is 0 Å². The van der Waals surface area contributed by atoms with Crippen LogP contribution < -0.4 is 0 Å². The van der Waals surface area contributed by atoms with Crippen LogP contribution in [0.4, 0.5) is 0 Å². The summed E-state index contributed by atoms with van der Waals surface area (Å²) >= 11 is 0. The first-order chi connectivity index (χ1) is 13.4. The molecule has 0 saturated carbocycles. The molecule has 0 aromatic rings. The van der Waals surface area contributed by atoms with Crippen LogP contribution in [0.3, 0.4) is 0 Å². The first kappa shape index (κ1) is 27.4. The van der Waals surface area contributed by atoms with Crippen LogP contribution in [0.2, 0.25) is 19.6 Å². The number of unbranched alkanes of at least 4 members (excludes halogenated alkanes) is 13. The highest BCUT2D eigenvalue weighted by molar-refractivity contribution is 6.71. The van der Waals surface area contributed by atoms with Crippen molar-refractivity contribution in [2.24, 2.45) is 5.92 Å². The van der Waals surface area contributed by atoms with Crippen molar-refractivity contribution in [3.8, 4) is 0 Å². The molecule has 0 amide bonds. The second-order valence-corrected chi connectivity index (χ2v) is 13.8. The van der Waals surface area contributed by atoms with Gasteiger partial charge in [-0.05, 0) is 38.9 Å². The van der Waals surface area contributed by atoms with Gasteiger partial charge in [0.1, 0.15) is 0 Å². The van der Waals surface area contributed by atoms with Gasteiger partial charge < -0.3 is 4.43 Å². The maximum atomic E-state index is 12.5. The first-order valence-electron chi connectivity index (χ1n) is 12.3. The normalized spacial score (nSPS) is 13.2. The largest absolute Gasteiger partial charge is 0.519 e. The molecule has 2 nitrogen and oxygen atoms in total. The molecule has 0 radical (unpaired) electrons. The van der Waals surface area contributed by atoms with Crippen molar-refractivity contribution in [1.82, 2.24) is 0 Å². The number of allylic oxidation sites excluding steroid dienone is 1. The third kappa shape index (κ3) is 18.8. The van der Waals surface area contributed by atoms with Gasteiger partial charge in [0.05, 0.1) is 5.92 Å². The average molecular weight is 411 g/mol. The molecule has 0 fully saturated rings. The SMILES string of the molecule is CCCCCCCCCCCCC=CC(CCCCCC)C(=O)O[Si](C)(C)C. The van der Waals surface area contributed by atoms with Crippen molar-refractivity contribution in [3.63, 3.8) is 0 Å². The van der Waals surface area contributed by atoms with E-state index in [0.29, 0.717) is 0 Å². The lowest BCUT2D eigenvalue weighted by atomic mass is 9.99. The molecule has 1 atom stereocenters. The van der Waals surface area contributed by atoms with Gasteiger partial charge in [-0.25, -0.2) is 0 Å². The molecule has 0 aliphatic carbocycles. The van der Waals surface area contributed by atoms with E-state index in [1.807, 2.05) is 0 Å². The zero-order valence-corrected chi connectivity index (χ0v) is 20.9. The summed E-state index contributed by atoms with van der Waals surface area (Å²) < 4.78 is 5.76. The predicted molar refractivity (Wildman–Crippen MR) is 127 cm³/mol. The summed E-state index contributed by atoms with van der Waals surface area (Å²) in [6.45, 7) is 10.8. The molecule has 0 aliphatic rings. The summed E-state index contributed by atoms with van der Waals surface area (Å²) in [7, 11) is -1.80. The molecule has 0 spiro atoms. The second kappa shape index (κ2) is 18.5. The number of hydrogen-bond donors (Lipinski definition) is 0. The maximum Gasteiger partial charge on any atom is 0.299 e. The summed E-state index contributed by atoms with van der Waals surface area (Å²) in [5, 5.41) is 0. The van der Waals surface area contributed by atoms with Gasteiger partial charge in [0, 0.05) is 0 Å². The molecule has 0 rings (SSSR count). The van der Waals surface area contributed by atoms with E-state index in [9.17, 15) is 4.79 Å². The Morgan fingerprint density at radius 1 is 0.750 bits per heavy atom. The Kier molecular flexibility index (Phi) is 18.1. The van der Waals surface area contributed by atoms with Crippen LogP contribution in [0, 0.1) is 5.92 Å². The van der Waals surface area contributed by atoms with Crippen molar-refractivity contribution >= 4 is 14.3 Å². The Hall–Kier alpha value is -0.573. The van der Waals surface area contributed by atoms with Gasteiger partial charge >= 0.3 is 0 Å². The van der Waals surface area contributed by atoms with Gasteiger partial charge in [-0.2, -0.15) is 0 Å². The smallest absolute Gasteiger partial charge is 0.299 e. The number of carbonyl (C=O) groups is 1. The van der Waals surface area contributed by atoms with Crippen molar-refractivity contribution in [2.75, 3.05) is 0 Å². The lowest BCUT2D eigenvalue weighted by Gasteiger charge is -2.21. The molecule has 166 valence electrons. The van der Waals surface area contributed by atoms with Gasteiger partial charge in [0.15, 0.2) is 0 Å². The third-order valence-electron chi connectivity index (χ3n) is 5.17. The molecular formula is C25H50O2Si. The van der Waals surface area contributed by atoms with Crippen LogP contribution in [0.5, 0.6) is 0 Å². The summed E-state index contributed by atoms with van der Waals surface area (Å²) in [5.74, 6) is -0.0262. The Morgan fingerprint density at radius 3 is 1.71 bits per heavy atom. The topological polar surface area (TPSA) is 26.3 Å². The molecule has 0 heterocycles. The van der Waals surface area contributed by atoms with Crippen molar-refractivity contribution in [1.29, 1.82) is 0 Å². The van der Waals surface area contributed by atoms with E-state index < -0.39 is 8.32 Å². The van der Waals surface area contributed by atoms with Gasteiger partial charge in [-0.3, -0.25) is 4.79 Å². The summed E-state index contributed by atoms with van der Waals surface area (Å²) in [6.07, 6.45) is 25.0. The Morgan fingerprint density at radius 2 is 1.21 bits per heavy atom. The fraction of sp³-hybridized carbons (Fsp3) is 0.880. The quantitative estimate of drug-likeness (QED) is 0.121. The predicted octanol–water partition coefficient (Wildman–Crippen LogP) is 8.82. The van der Waals surface area contributed by atoms with Crippen LogP contribution in [-0.4, -0.2) is 14.3 Å². The molecule has 3 heteroatoms. The minimum atomic E-state index is -1.80. The number of rotatable bonds is 19. The minimum absolute atomic E-state index is 0.00925. The van der Waals surface area contributed by atoms with Crippen LogP contribution in [0.1, 0.15) is 117 Å². The molecule has 0 aliphatic heterocycles. The molecular weight excluding hydrogens is 360 g/mol. The second-order valence-electron chi connectivity index (χ2n) is 9.39. The Bertz CT molecular complexity index is 384. The molecule has 0 aromatic carbocycles. The van der Waals surface area contributed by atoms with E-state index in [0.717, 1.165) is 19.3 Å². The van der Waals surface area contributed by atoms with E-state index >= 15 is 0 Å². The zero-order chi connectivity index (χ0) is 21.1. The van der Waals surface area contributed by atoms with Gasteiger partial charge in [0.2, 0.25) is 8.32 Å². The van der Waals surface area contributed by atoms with Crippen LogP contribution in [-0.2, 0) is 9.22 Å². The van der Waals surface area contributed by atoms with Crippen molar-refractivity contribution < 1.29 is 9.22 Å². The highest BCUT2D eigenvalue weighted by atomic mass is 28.4. The number of hydrogen-bond acceptors (Lipinski definition) is 2. The van der Waals surface area contributed by atoms with Gasteiger partial charge in [-0.15, -0.1) is 0 Å². The highest BCUT2D eigenvalue weighted by Gasteiger charge is 2.24. The molecule has 0 N–H and O–H groups in total. The van der Waals surface area contributed by atoms with Crippen LogP contribution >= 0.6 is 0 Å². The van der Waals surface area contributed by atoms with E-state index in [2.05, 4.69) is 45.6 Å². The number of carbonyl (C=O) groups excluding carboxylic acids is 1. The lowest BCUT2D eigenvalue weighted by Crippen LogP contribution is -2.32. The summed E-state index contributed by atoms with van der Waals surface area (Å²) in [4.78, 5) is 12.5.